The van der Waals surface area contributed by atoms with Crippen LogP contribution in [-0.2, 0) is 4.79 Å². The first-order valence-corrected chi connectivity index (χ1v) is 8.27. The average Bonchev–Trinajstić information content (AvgIpc) is 2.97. The fourth-order valence-corrected chi connectivity index (χ4v) is 3.52. The summed E-state index contributed by atoms with van der Waals surface area (Å²) in [6.07, 6.45) is 0. The highest BCUT2D eigenvalue weighted by atomic mass is 16.2. The number of carbonyl (C=O) groups is 2. The Morgan fingerprint density at radius 1 is 1.00 bits per heavy atom. The van der Waals surface area contributed by atoms with E-state index in [1.165, 1.54) is 0 Å². The Hall–Kier alpha value is -3.08. The molecule has 5 heteroatoms. The van der Waals surface area contributed by atoms with Gasteiger partial charge in [0.05, 0.1) is 23.9 Å². The smallest absolute Gasteiger partial charge is 0.322 e. The molecular weight excluding hydrogens is 314 g/mol. The SMILES string of the molecule is Cc1ccccc1N1CC2=C(C1=O)C(c1ccccc1)NC(=O)N2C. The first-order chi connectivity index (χ1) is 12.1. The van der Waals surface area contributed by atoms with Gasteiger partial charge < -0.3 is 10.2 Å². The number of hydrogen-bond donors (Lipinski definition) is 1. The fourth-order valence-electron chi connectivity index (χ4n) is 3.52. The maximum absolute atomic E-state index is 13.2. The fraction of sp³-hybridized carbons (Fsp3) is 0.200. The van der Waals surface area contributed by atoms with Crippen LogP contribution >= 0.6 is 0 Å². The van der Waals surface area contributed by atoms with E-state index in [0.717, 1.165) is 22.5 Å². The molecule has 0 saturated heterocycles. The van der Waals surface area contributed by atoms with Crippen molar-refractivity contribution in [2.24, 2.45) is 0 Å². The number of amides is 3. The monoisotopic (exact) mass is 333 g/mol. The van der Waals surface area contributed by atoms with Gasteiger partial charge in [-0.25, -0.2) is 4.79 Å². The highest BCUT2D eigenvalue weighted by Gasteiger charge is 2.43. The molecule has 1 N–H and O–H groups in total. The highest BCUT2D eigenvalue weighted by Crippen LogP contribution is 2.38. The van der Waals surface area contributed by atoms with E-state index < -0.39 is 6.04 Å². The lowest BCUT2D eigenvalue weighted by Crippen LogP contribution is -2.45. The van der Waals surface area contributed by atoms with Crippen molar-refractivity contribution in [1.82, 2.24) is 10.2 Å². The molecule has 2 aromatic rings. The summed E-state index contributed by atoms with van der Waals surface area (Å²) in [4.78, 5) is 28.9. The number of hydrogen-bond acceptors (Lipinski definition) is 2. The predicted molar refractivity (Wildman–Crippen MR) is 96.0 cm³/mol. The van der Waals surface area contributed by atoms with E-state index >= 15 is 0 Å². The predicted octanol–water partition coefficient (Wildman–Crippen LogP) is 2.99. The second-order valence-corrected chi connectivity index (χ2v) is 6.39. The van der Waals surface area contributed by atoms with Crippen LogP contribution in [0.3, 0.4) is 0 Å². The van der Waals surface area contributed by atoms with Crippen molar-refractivity contribution < 1.29 is 9.59 Å². The zero-order chi connectivity index (χ0) is 17.6. The molecule has 5 nitrogen and oxygen atoms in total. The van der Waals surface area contributed by atoms with Crippen molar-refractivity contribution in [3.05, 3.63) is 77.0 Å². The standard InChI is InChI=1S/C20H19N3O2/c1-13-8-6-7-11-15(13)23-12-16-17(19(23)24)18(21-20(25)22(16)2)14-9-4-3-5-10-14/h3-11,18H,12H2,1-2H3,(H,21,25). The topological polar surface area (TPSA) is 52.7 Å². The second kappa shape index (κ2) is 5.77. The number of anilines is 1. The molecule has 1 unspecified atom stereocenters. The Bertz CT molecular complexity index is 889. The van der Waals surface area contributed by atoms with Crippen molar-refractivity contribution in [1.29, 1.82) is 0 Å². The van der Waals surface area contributed by atoms with Crippen LogP contribution in [0.25, 0.3) is 0 Å². The van der Waals surface area contributed by atoms with Gasteiger partial charge in [-0.05, 0) is 24.1 Å². The molecule has 126 valence electrons. The number of para-hydroxylation sites is 1. The molecule has 0 aromatic heterocycles. The van der Waals surface area contributed by atoms with Crippen molar-refractivity contribution in [3.8, 4) is 0 Å². The van der Waals surface area contributed by atoms with Gasteiger partial charge in [0.1, 0.15) is 0 Å². The molecule has 0 radical (unpaired) electrons. The summed E-state index contributed by atoms with van der Waals surface area (Å²) in [5, 5.41) is 2.95. The Morgan fingerprint density at radius 3 is 2.40 bits per heavy atom. The molecule has 1 atom stereocenters. The van der Waals surface area contributed by atoms with Crippen molar-refractivity contribution >= 4 is 17.6 Å². The van der Waals surface area contributed by atoms with Gasteiger partial charge >= 0.3 is 6.03 Å². The third kappa shape index (κ3) is 2.39. The van der Waals surface area contributed by atoms with Gasteiger partial charge in [0.25, 0.3) is 5.91 Å². The van der Waals surface area contributed by atoms with Crippen LogP contribution in [-0.4, -0.2) is 30.4 Å². The number of rotatable bonds is 2. The summed E-state index contributed by atoms with van der Waals surface area (Å²) in [7, 11) is 1.71. The molecule has 4 rings (SSSR count). The molecule has 25 heavy (non-hydrogen) atoms. The van der Waals surface area contributed by atoms with E-state index in [1.807, 2.05) is 61.5 Å². The minimum absolute atomic E-state index is 0.0509. The largest absolute Gasteiger partial charge is 0.327 e. The third-order valence-electron chi connectivity index (χ3n) is 4.90. The minimum atomic E-state index is -0.415. The summed E-state index contributed by atoms with van der Waals surface area (Å²) in [5.74, 6) is -0.0509. The quantitative estimate of drug-likeness (QED) is 0.918. The zero-order valence-electron chi connectivity index (χ0n) is 14.2. The first-order valence-electron chi connectivity index (χ1n) is 8.27. The number of benzene rings is 2. The maximum Gasteiger partial charge on any atom is 0.322 e. The third-order valence-corrected chi connectivity index (χ3v) is 4.90. The summed E-state index contributed by atoms with van der Waals surface area (Å²) in [5.41, 5.74) is 4.25. The lowest BCUT2D eigenvalue weighted by atomic mass is 9.96. The van der Waals surface area contributed by atoms with Crippen molar-refractivity contribution in [3.63, 3.8) is 0 Å². The molecule has 0 fully saturated rings. The van der Waals surface area contributed by atoms with E-state index in [1.54, 1.807) is 16.8 Å². The van der Waals surface area contributed by atoms with Crippen LogP contribution in [0.2, 0.25) is 0 Å². The summed E-state index contributed by atoms with van der Waals surface area (Å²) in [6.45, 7) is 2.40. The molecule has 3 amide bonds. The number of urea groups is 1. The lowest BCUT2D eigenvalue weighted by Gasteiger charge is -2.31. The Kier molecular flexibility index (Phi) is 3.57. The van der Waals surface area contributed by atoms with Crippen LogP contribution in [0.5, 0.6) is 0 Å². The van der Waals surface area contributed by atoms with Crippen LogP contribution in [0.4, 0.5) is 10.5 Å². The van der Waals surface area contributed by atoms with Crippen LogP contribution in [0.15, 0.2) is 65.9 Å². The van der Waals surface area contributed by atoms with Gasteiger partial charge in [0.15, 0.2) is 0 Å². The number of aryl methyl sites for hydroxylation is 1. The molecular formula is C20H19N3O2. The number of likely N-dealkylation sites (N-methyl/N-ethyl adjacent to an activating group) is 1. The maximum atomic E-state index is 13.2. The lowest BCUT2D eigenvalue weighted by molar-refractivity contribution is -0.114. The molecule has 0 bridgehead atoms. The van der Waals surface area contributed by atoms with Gasteiger partial charge in [0.2, 0.25) is 0 Å². The highest BCUT2D eigenvalue weighted by molar-refractivity contribution is 6.12. The second-order valence-electron chi connectivity index (χ2n) is 6.39. The van der Waals surface area contributed by atoms with E-state index in [0.29, 0.717) is 12.1 Å². The Morgan fingerprint density at radius 2 is 1.68 bits per heavy atom. The number of nitrogens with one attached hydrogen (secondary N) is 1. The first kappa shape index (κ1) is 15.4. The summed E-state index contributed by atoms with van der Waals surface area (Å²) >= 11 is 0. The minimum Gasteiger partial charge on any atom is -0.327 e. The Balaban J connectivity index is 1.79. The molecule has 0 saturated carbocycles. The molecule has 2 aromatic carbocycles. The Labute approximate surface area is 146 Å². The van der Waals surface area contributed by atoms with Gasteiger partial charge in [0, 0.05) is 12.7 Å². The van der Waals surface area contributed by atoms with Crippen LogP contribution in [0.1, 0.15) is 17.2 Å². The van der Waals surface area contributed by atoms with Crippen LogP contribution < -0.4 is 10.2 Å². The van der Waals surface area contributed by atoms with Gasteiger partial charge in [-0.1, -0.05) is 48.5 Å². The van der Waals surface area contributed by atoms with Gasteiger partial charge in [-0.2, -0.15) is 0 Å². The normalized spacial score (nSPS) is 20.0. The summed E-state index contributed by atoms with van der Waals surface area (Å²) in [6, 6.07) is 16.8. The molecule has 2 aliphatic rings. The van der Waals surface area contributed by atoms with E-state index in [9.17, 15) is 9.59 Å². The van der Waals surface area contributed by atoms with Crippen molar-refractivity contribution in [2.75, 3.05) is 18.5 Å². The van der Waals surface area contributed by atoms with Gasteiger partial charge in [-0.3, -0.25) is 9.69 Å². The van der Waals surface area contributed by atoms with E-state index in [4.69, 9.17) is 0 Å². The average molecular weight is 333 g/mol. The zero-order valence-corrected chi connectivity index (χ0v) is 14.2. The molecule has 0 aliphatic carbocycles. The summed E-state index contributed by atoms with van der Waals surface area (Å²) < 4.78 is 0. The molecule has 0 spiro atoms. The van der Waals surface area contributed by atoms with E-state index in [-0.39, 0.29) is 11.9 Å². The van der Waals surface area contributed by atoms with Gasteiger partial charge in [-0.15, -0.1) is 0 Å². The van der Waals surface area contributed by atoms with Crippen LogP contribution in [0, 0.1) is 6.92 Å². The molecule has 2 heterocycles. The van der Waals surface area contributed by atoms with Crippen molar-refractivity contribution in [2.45, 2.75) is 13.0 Å². The molecule has 2 aliphatic heterocycles. The number of carbonyl (C=O) groups excluding carboxylic acids is 2. The number of nitrogens with zero attached hydrogens (tertiary/aromatic N) is 2. The van der Waals surface area contributed by atoms with E-state index in [2.05, 4.69) is 5.32 Å².